The number of piperidine rings is 1. The van der Waals surface area contributed by atoms with Crippen molar-refractivity contribution in [3.05, 3.63) is 53.1 Å². The van der Waals surface area contributed by atoms with Crippen molar-refractivity contribution in [3.8, 4) is 17.2 Å². The smallest absolute Gasteiger partial charge is 0.336 e. The number of aliphatic hydroxyl groups is 2. The van der Waals surface area contributed by atoms with Gasteiger partial charge < -0.3 is 39.7 Å². The van der Waals surface area contributed by atoms with E-state index in [4.69, 9.17) is 34.6 Å². The molecule has 0 saturated carbocycles. The molecular formula is C30H39NO11. The molecule has 0 aliphatic carbocycles. The van der Waals surface area contributed by atoms with E-state index in [2.05, 4.69) is 17.9 Å². The van der Waals surface area contributed by atoms with Crippen molar-refractivity contribution in [2.45, 2.75) is 75.3 Å². The maximum absolute atomic E-state index is 11.5. The minimum absolute atomic E-state index is 0.383. The second-order valence-corrected chi connectivity index (χ2v) is 10.8. The van der Waals surface area contributed by atoms with Crippen molar-refractivity contribution in [1.82, 2.24) is 4.90 Å². The third kappa shape index (κ3) is 7.50. The predicted octanol–water partition coefficient (Wildman–Crippen LogP) is 2.79. The molecule has 0 aromatic heterocycles. The Kier molecular flexibility index (Phi) is 10.4. The number of hydrogen-bond donors (Lipinski definition) is 5. The lowest BCUT2D eigenvalue weighted by Gasteiger charge is -2.44. The largest absolute Gasteiger partial charge is 0.497 e. The van der Waals surface area contributed by atoms with Gasteiger partial charge in [-0.15, -0.1) is 0 Å². The molecule has 2 aromatic rings. The highest BCUT2D eigenvalue weighted by Gasteiger charge is 2.48. The van der Waals surface area contributed by atoms with E-state index in [1.807, 2.05) is 30.3 Å². The minimum Gasteiger partial charge on any atom is -0.497 e. The molecule has 0 radical (unpaired) electrons. The number of aryl methyl sites for hydroxylation is 1. The summed E-state index contributed by atoms with van der Waals surface area (Å²) in [4.78, 5) is 33.1. The summed E-state index contributed by atoms with van der Waals surface area (Å²) >= 11 is 0. The van der Waals surface area contributed by atoms with E-state index in [0.29, 0.717) is 12.1 Å². The molecule has 2 unspecified atom stereocenters. The first kappa shape index (κ1) is 32.6. The molecule has 2 bridgehead atoms. The van der Waals surface area contributed by atoms with E-state index >= 15 is 0 Å². The third-order valence-corrected chi connectivity index (χ3v) is 8.03. The Labute approximate surface area is 244 Å². The van der Waals surface area contributed by atoms with Gasteiger partial charge >= 0.3 is 17.9 Å². The summed E-state index contributed by atoms with van der Waals surface area (Å²) < 4.78 is 16.2. The summed E-state index contributed by atoms with van der Waals surface area (Å²) in [5, 5.41) is 45.3. The van der Waals surface area contributed by atoms with Crippen LogP contribution in [0.5, 0.6) is 17.2 Å². The molecule has 4 rings (SSSR count). The Balaban J connectivity index is 0.000000316. The molecule has 2 heterocycles. The molecule has 2 aliphatic rings. The van der Waals surface area contributed by atoms with Crippen LogP contribution in [0.3, 0.4) is 0 Å². The van der Waals surface area contributed by atoms with Crippen molar-refractivity contribution >= 4 is 17.9 Å². The van der Waals surface area contributed by atoms with Crippen LogP contribution in [-0.2, 0) is 26.5 Å². The van der Waals surface area contributed by atoms with Gasteiger partial charge in [0.05, 0.1) is 39.8 Å². The molecule has 2 fully saturated rings. The van der Waals surface area contributed by atoms with Gasteiger partial charge in [-0.25, -0.2) is 4.79 Å². The number of methoxy groups -OCH3 is 3. The van der Waals surface area contributed by atoms with Crippen LogP contribution in [0.15, 0.2) is 36.4 Å². The lowest BCUT2D eigenvalue weighted by molar-refractivity contribution is -0.170. The van der Waals surface area contributed by atoms with Gasteiger partial charge in [0.15, 0.2) is 17.1 Å². The number of carboxylic acids is 3. The van der Waals surface area contributed by atoms with Crippen LogP contribution in [0.1, 0.15) is 55.2 Å². The summed E-state index contributed by atoms with van der Waals surface area (Å²) in [7, 11) is 5.01. The monoisotopic (exact) mass is 589 g/mol. The molecule has 230 valence electrons. The molecule has 2 aromatic carbocycles. The number of fused-ring (bicyclic) bond motifs is 2. The first-order chi connectivity index (χ1) is 19.7. The van der Waals surface area contributed by atoms with Gasteiger partial charge in [0, 0.05) is 18.6 Å². The van der Waals surface area contributed by atoms with Crippen molar-refractivity contribution in [1.29, 1.82) is 0 Å². The van der Waals surface area contributed by atoms with Gasteiger partial charge in [-0.3, -0.25) is 14.5 Å². The Bertz CT molecular complexity index is 1250. The third-order valence-electron chi connectivity index (χ3n) is 8.03. The number of carboxylic acid groups (broad SMARTS) is 3. The van der Waals surface area contributed by atoms with E-state index in [1.54, 1.807) is 21.3 Å². The topological polar surface area (TPSA) is 183 Å². The number of rotatable bonds is 11. The van der Waals surface area contributed by atoms with Gasteiger partial charge in [-0.05, 0) is 73.6 Å². The first-order valence-electron chi connectivity index (χ1n) is 13.5. The predicted molar refractivity (Wildman–Crippen MR) is 150 cm³/mol. The Morgan fingerprint density at radius 3 is 1.81 bits per heavy atom. The summed E-state index contributed by atoms with van der Waals surface area (Å²) in [5.74, 6) is -2.66. The number of benzene rings is 2. The molecule has 2 atom stereocenters. The minimum atomic E-state index is -2.74. The standard InChI is InChI=1S/C24H31NO4.C6H8O7/c1-16-11-22(28-3)23(29-4)12-17(16)15-25-19-7-8-20(25)14-24(26,13-19)18-5-9-21(27-2)10-6-18;7-3(8)1-6(13,5(11)12)2-4(9)10/h5-6,9-12,19-20,26H,7-8,13-15H2,1-4H3;13H,1-2H2,(H,7,8)(H,9,10)(H,11,12). The quantitative estimate of drug-likeness (QED) is 0.259. The Morgan fingerprint density at radius 1 is 0.881 bits per heavy atom. The summed E-state index contributed by atoms with van der Waals surface area (Å²) in [6, 6.07) is 12.8. The van der Waals surface area contributed by atoms with Crippen molar-refractivity contribution in [3.63, 3.8) is 0 Å². The fourth-order valence-corrected chi connectivity index (χ4v) is 5.82. The SMILES string of the molecule is COc1ccc(C2(O)CC3CCC(C2)N3Cc2cc(OC)c(OC)cc2C)cc1.O=C(O)CC(O)(CC(=O)O)C(=O)O. The zero-order valence-corrected chi connectivity index (χ0v) is 24.2. The van der Waals surface area contributed by atoms with Gasteiger partial charge in [-0.2, -0.15) is 0 Å². The Morgan fingerprint density at radius 2 is 1.38 bits per heavy atom. The zero-order valence-electron chi connectivity index (χ0n) is 24.2. The number of aliphatic carboxylic acids is 3. The fourth-order valence-electron chi connectivity index (χ4n) is 5.82. The molecule has 5 N–H and O–H groups in total. The van der Waals surface area contributed by atoms with E-state index in [-0.39, 0.29) is 0 Å². The van der Waals surface area contributed by atoms with Crippen LogP contribution < -0.4 is 14.2 Å². The number of ether oxygens (including phenoxy) is 3. The fraction of sp³-hybridized carbons (Fsp3) is 0.500. The average Bonchev–Trinajstić information content (AvgIpc) is 3.17. The van der Waals surface area contributed by atoms with Crippen LogP contribution in [0.4, 0.5) is 0 Å². The van der Waals surface area contributed by atoms with Gasteiger partial charge in [0.25, 0.3) is 0 Å². The van der Waals surface area contributed by atoms with Crippen molar-refractivity contribution in [2.24, 2.45) is 0 Å². The maximum atomic E-state index is 11.5. The molecule has 12 heteroatoms. The average molecular weight is 590 g/mol. The molecule has 0 amide bonds. The summed E-state index contributed by atoms with van der Waals surface area (Å²) in [5.41, 5.74) is -0.0385. The highest BCUT2D eigenvalue weighted by molar-refractivity contribution is 5.88. The van der Waals surface area contributed by atoms with Crippen LogP contribution in [0.25, 0.3) is 0 Å². The van der Waals surface area contributed by atoms with E-state index in [1.165, 1.54) is 11.1 Å². The molecule has 42 heavy (non-hydrogen) atoms. The van der Waals surface area contributed by atoms with Gasteiger partial charge in [0.2, 0.25) is 0 Å². The van der Waals surface area contributed by atoms with Crippen molar-refractivity contribution < 1.29 is 54.1 Å². The second-order valence-electron chi connectivity index (χ2n) is 10.8. The maximum Gasteiger partial charge on any atom is 0.336 e. The summed E-state index contributed by atoms with van der Waals surface area (Å²) in [6.07, 6.45) is 1.51. The molecule has 2 aliphatic heterocycles. The van der Waals surface area contributed by atoms with E-state index in [0.717, 1.165) is 55.0 Å². The molecular weight excluding hydrogens is 550 g/mol. The van der Waals surface area contributed by atoms with Crippen molar-refractivity contribution in [2.75, 3.05) is 21.3 Å². The molecule has 12 nitrogen and oxygen atoms in total. The normalized spacial score (nSPS) is 21.6. The number of hydrogen-bond acceptors (Lipinski definition) is 9. The molecule has 0 spiro atoms. The lowest BCUT2D eigenvalue weighted by Crippen LogP contribution is -2.49. The molecule has 2 saturated heterocycles. The van der Waals surface area contributed by atoms with Crippen LogP contribution >= 0.6 is 0 Å². The van der Waals surface area contributed by atoms with Gasteiger partial charge in [-0.1, -0.05) is 12.1 Å². The second kappa shape index (κ2) is 13.4. The number of carbonyl (C=O) groups is 3. The zero-order chi connectivity index (χ0) is 31.2. The van der Waals surface area contributed by atoms with Gasteiger partial charge in [0.1, 0.15) is 5.75 Å². The summed E-state index contributed by atoms with van der Waals surface area (Å²) in [6.45, 7) is 3.00. The van der Waals surface area contributed by atoms with E-state index in [9.17, 15) is 19.5 Å². The highest BCUT2D eigenvalue weighted by Crippen LogP contribution is 2.47. The van der Waals surface area contributed by atoms with Crippen LogP contribution in [0, 0.1) is 6.92 Å². The Hall–Kier alpha value is -3.87. The van der Waals surface area contributed by atoms with Crippen LogP contribution in [0.2, 0.25) is 0 Å². The lowest BCUT2D eigenvalue weighted by atomic mass is 9.80. The number of nitrogens with zero attached hydrogens (tertiary/aromatic N) is 1. The highest BCUT2D eigenvalue weighted by atomic mass is 16.5. The van der Waals surface area contributed by atoms with Crippen LogP contribution in [-0.4, -0.2) is 87.4 Å². The first-order valence-corrected chi connectivity index (χ1v) is 13.5. The van der Waals surface area contributed by atoms with E-state index < -0.39 is 42.0 Å².